The molecule has 3 heterocycles. The van der Waals surface area contributed by atoms with Crippen LogP contribution in [0.4, 0.5) is 0 Å². The number of carbonyl (C=O) groups is 2. The van der Waals surface area contributed by atoms with E-state index in [0.717, 1.165) is 45.3 Å². The Balaban J connectivity index is 1.80. The van der Waals surface area contributed by atoms with Gasteiger partial charge in [-0.05, 0) is 46.7 Å². The first-order valence-corrected chi connectivity index (χ1v) is 9.08. The van der Waals surface area contributed by atoms with E-state index in [0.29, 0.717) is 24.2 Å². The molecular weight excluding hydrogens is 320 g/mol. The highest BCUT2D eigenvalue weighted by Gasteiger charge is 2.46. The molecule has 3 rings (SSSR count). The molecule has 1 unspecified atom stereocenters. The van der Waals surface area contributed by atoms with Gasteiger partial charge in [0.05, 0.1) is 11.2 Å². The van der Waals surface area contributed by atoms with Crippen molar-refractivity contribution in [3.63, 3.8) is 0 Å². The second-order valence-electron chi connectivity index (χ2n) is 7.57. The number of amides is 2. The van der Waals surface area contributed by atoms with Crippen molar-refractivity contribution in [3.05, 3.63) is 17.5 Å². The van der Waals surface area contributed by atoms with Gasteiger partial charge in [0, 0.05) is 32.6 Å². The monoisotopic (exact) mass is 348 g/mol. The first-order valence-electron chi connectivity index (χ1n) is 9.08. The number of hydrogen-bond acceptors (Lipinski definition) is 5. The highest BCUT2D eigenvalue weighted by Crippen LogP contribution is 2.37. The van der Waals surface area contributed by atoms with Crippen LogP contribution in [0.2, 0.25) is 0 Å². The van der Waals surface area contributed by atoms with Crippen LogP contribution in [-0.2, 0) is 4.79 Å². The summed E-state index contributed by atoms with van der Waals surface area (Å²) in [5.74, 6) is 0.187. The highest BCUT2D eigenvalue weighted by atomic mass is 16.5. The first kappa shape index (κ1) is 17.9. The summed E-state index contributed by atoms with van der Waals surface area (Å²) in [5.41, 5.74) is 0.928. The summed E-state index contributed by atoms with van der Waals surface area (Å²) in [6, 6.07) is 0. The van der Waals surface area contributed by atoms with Crippen LogP contribution in [0.5, 0.6) is 0 Å². The Labute approximate surface area is 148 Å². The number of carbonyl (C=O) groups excluding carboxylic acids is 2. The van der Waals surface area contributed by atoms with Crippen molar-refractivity contribution >= 4 is 11.8 Å². The smallest absolute Gasteiger partial charge is 0.259 e. The van der Waals surface area contributed by atoms with E-state index in [1.54, 1.807) is 6.92 Å². The molecule has 2 fully saturated rings. The number of aryl methyl sites for hydroxylation is 1. The van der Waals surface area contributed by atoms with E-state index >= 15 is 0 Å². The van der Waals surface area contributed by atoms with Crippen LogP contribution >= 0.6 is 0 Å². The summed E-state index contributed by atoms with van der Waals surface area (Å²) < 4.78 is 4.93. The molecular formula is C18H28N4O3. The fourth-order valence-electron chi connectivity index (χ4n) is 4.14. The van der Waals surface area contributed by atoms with Crippen molar-refractivity contribution in [2.45, 2.75) is 44.6 Å². The molecule has 0 bridgehead atoms. The summed E-state index contributed by atoms with van der Waals surface area (Å²) in [7, 11) is 4.04. The summed E-state index contributed by atoms with van der Waals surface area (Å²) in [6.07, 6.45) is 5.81. The summed E-state index contributed by atoms with van der Waals surface area (Å²) in [4.78, 5) is 31.5. The van der Waals surface area contributed by atoms with Crippen LogP contribution < -0.4 is 0 Å². The maximum atomic E-state index is 12.9. The molecule has 1 spiro atoms. The minimum absolute atomic E-state index is 0.0385. The number of nitrogens with zero attached hydrogens (tertiary/aromatic N) is 4. The van der Waals surface area contributed by atoms with Gasteiger partial charge in [0.2, 0.25) is 5.91 Å². The van der Waals surface area contributed by atoms with Crippen molar-refractivity contribution in [2.24, 2.45) is 0 Å². The standard InChI is InChI=1S/C18H28N4O3/c1-14-15(12-25-19-14)17(24)21-9-5-8-18(13-21)7-4-6-16(23)22(18)11-10-20(2)3/h12H,4-11,13H2,1-3H3. The average Bonchev–Trinajstić information content (AvgIpc) is 2.99. The minimum atomic E-state index is -0.218. The number of aromatic nitrogens is 1. The van der Waals surface area contributed by atoms with Crippen LogP contribution in [0.1, 0.15) is 48.2 Å². The Morgan fingerprint density at radius 3 is 2.80 bits per heavy atom. The maximum Gasteiger partial charge on any atom is 0.259 e. The van der Waals surface area contributed by atoms with Crippen molar-refractivity contribution in [1.29, 1.82) is 0 Å². The molecule has 1 atom stereocenters. The molecule has 2 saturated heterocycles. The van der Waals surface area contributed by atoms with Gasteiger partial charge in [-0.2, -0.15) is 0 Å². The van der Waals surface area contributed by atoms with E-state index in [9.17, 15) is 9.59 Å². The van der Waals surface area contributed by atoms with E-state index < -0.39 is 0 Å². The van der Waals surface area contributed by atoms with Crippen molar-refractivity contribution < 1.29 is 14.1 Å². The zero-order valence-electron chi connectivity index (χ0n) is 15.5. The fourth-order valence-corrected chi connectivity index (χ4v) is 4.14. The van der Waals surface area contributed by atoms with Crippen LogP contribution in [0, 0.1) is 6.92 Å². The van der Waals surface area contributed by atoms with Crippen LogP contribution in [0.25, 0.3) is 0 Å². The molecule has 1 aromatic heterocycles. The molecule has 2 amide bonds. The third kappa shape index (κ3) is 3.56. The van der Waals surface area contributed by atoms with Crippen molar-refractivity contribution in [1.82, 2.24) is 19.9 Å². The fraction of sp³-hybridized carbons (Fsp3) is 0.722. The van der Waals surface area contributed by atoms with E-state index in [-0.39, 0.29) is 17.4 Å². The Hall–Kier alpha value is -1.89. The van der Waals surface area contributed by atoms with Crippen molar-refractivity contribution in [3.8, 4) is 0 Å². The van der Waals surface area contributed by atoms with E-state index in [1.165, 1.54) is 6.26 Å². The second kappa shape index (κ2) is 7.15. The van der Waals surface area contributed by atoms with Crippen molar-refractivity contribution in [2.75, 3.05) is 40.3 Å². The van der Waals surface area contributed by atoms with Gasteiger partial charge in [-0.25, -0.2) is 0 Å². The Bertz CT molecular complexity index is 638. The molecule has 0 aromatic carbocycles. The molecule has 138 valence electrons. The number of hydrogen-bond donors (Lipinski definition) is 0. The number of likely N-dealkylation sites (N-methyl/N-ethyl adjacent to an activating group) is 1. The van der Waals surface area contributed by atoms with Crippen LogP contribution in [-0.4, -0.2) is 77.5 Å². The van der Waals surface area contributed by atoms with Gasteiger partial charge < -0.3 is 19.2 Å². The van der Waals surface area contributed by atoms with Gasteiger partial charge in [0.15, 0.2) is 0 Å². The van der Waals surface area contributed by atoms with Gasteiger partial charge in [0.1, 0.15) is 11.8 Å². The van der Waals surface area contributed by atoms with Gasteiger partial charge >= 0.3 is 0 Å². The van der Waals surface area contributed by atoms with E-state index in [4.69, 9.17) is 4.52 Å². The summed E-state index contributed by atoms with van der Waals surface area (Å²) >= 11 is 0. The molecule has 2 aliphatic rings. The third-order valence-corrected chi connectivity index (χ3v) is 5.50. The zero-order valence-corrected chi connectivity index (χ0v) is 15.5. The number of likely N-dealkylation sites (tertiary alicyclic amines) is 2. The first-order chi connectivity index (χ1) is 11.9. The quantitative estimate of drug-likeness (QED) is 0.825. The minimum Gasteiger partial charge on any atom is -0.364 e. The predicted octanol–water partition coefficient (Wildman–Crippen LogP) is 1.53. The van der Waals surface area contributed by atoms with Gasteiger partial charge in [0.25, 0.3) is 5.91 Å². The van der Waals surface area contributed by atoms with E-state index in [1.807, 2.05) is 19.0 Å². The molecule has 0 saturated carbocycles. The molecule has 1 aromatic rings. The molecule has 7 nitrogen and oxygen atoms in total. The Kier molecular flexibility index (Phi) is 5.13. The third-order valence-electron chi connectivity index (χ3n) is 5.50. The molecule has 2 aliphatic heterocycles. The summed E-state index contributed by atoms with van der Waals surface area (Å²) in [5, 5.41) is 3.82. The largest absolute Gasteiger partial charge is 0.364 e. The van der Waals surface area contributed by atoms with Gasteiger partial charge in [-0.1, -0.05) is 5.16 Å². The topological polar surface area (TPSA) is 69.9 Å². The van der Waals surface area contributed by atoms with Crippen LogP contribution in [0.3, 0.4) is 0 Å². The predicted molar refractivity (Wildman–Crippen MR) is 93.2 cm³/mol. The van der Waals surface area contributed by atoms with Gasteiger partial charge in [-0.15, -0.1) is 0 Å². The molecule has 0 aliphatic carbocycles. The molecule has 7 heteroatoms. The van der Waals surface area contributed by atoms with Gasteiger partial charge in [-0.3, -0.25) is 9.59 Å². The summed E-state index contributed by atoms with van der Waals surface area (Å²) in [6.45, 7) is 4.67. The lowest BCUT2D eigenvalue weighted by molar-refractivity contribution is -0.145. The SMILES string of the molecule is Cc1nocc1C(=O)N1CCCC2(CCCC(=O)N2CCN(C)C)C1. The zero-order chi connectivity index (χ0) is 18.0. The lowest BCUT2D eigenvalue weighted by Gasteiger charge is -2.52. The molecule has 0 radical (unpaired) electrons. The molecule has 25 heavy (non-hydrogen) atoms. The number of piperidine rings is 2. The lowest BCUT2D eigenvalue weighted by atomic mass is 9.79. The molecule has 0 N–H and O–H groups in total. The number of rotatable bonds is 4. The normalized spacial score (nSPS) is 24.4. The Morgan fingerprint density at radius 2 is 2.12 bits per heavy atom. The average molecular weight is 348 g/mol. The van der Waals surface area contributed by atoms with Crippen LogP contribution in [0.15, 0.2) is 10.8 Å². The maximum absolute atomic E-state index is 12.9. The van der Waals surface area contributed by atoms with E-state index in [2.05, 4.69) is 15.0 Å². The second-order valence-corrected chi connectivity index (χ2v) is 7.57. The highest BCUT2D eigenvalue weighted by molar-refractivity contribution is 5.95. The Morgan fingerprint density at radius 1 is 1.36 bits per heavy atom. The lowest BCUT2D eigenvalue weighted by Crippen LogP contribution is -2.64.